The number of halogens is 1. The zero-order valence-electron chi connectivity index (χ0n) is 9.20. The quantitative estimate of drug-likeness (QED) is 0.853. The number of aryl methyl sites for hydroxylation is 1. The summed E-state index contributed by atoms with van der Waals surface area (Å²) in [5, 5.41) is 11.0. The van der Waals surface area contributed by atoms with Crippen LogP contribution in [0.2, 0.25) is 5.02 Å². The molecule has 0 aliphatic carbocycles. The molecule has 0 saturated carbocycles. The van der Waals surface area contributed by atoms with E-state index in [9.17, 15) is 5.11 Å². The fourth-order valence-corrected chi connectivity index (χ4v) is 2.74. The molecule has 1 nitrogen and oxygen atoms in total. The van der Waals surface area contributed by atoms with Gasteiger partial charge < -0.3 is 5.11 Å². The van der Waals surface area contributed by atoms with Gasteiger partial charge in [-0.1, -0.05) is 23.7 Å². The SMILES string of the molecule is Cc1ccc(C(O)c2cccc(Cl)c2C)s1. The van der Waals surface area contributed by atoms with E-state index in [0.717, 1.165) is 16.0 Å². The van der Waals surface area contributed by atoms with Crippen LogP contribution in [0, 0.1) is 13.8 Å². The van der Waals surface area contributed by atoms with E-state index in [-0.39, 0.29) is 0 Å². The van der Waals surface area contributed by atoms with E-state index in [0.29, 0.717) is 5.02 Å². The lowest BCUT2D eigenvalue weighted by molar-refractivity contribution is 0.223. The minimum atomic E-state index is -0.572. The average Bonchev–Trinajstić information content (AvgIpc) is 2.68. The summed E-state index contributed by atoms with van der Waals surface area (Å²) >= 11 is 7.66. The summed E-state index contributed by atoms with van der Waals surface area (Å²) < 4.78 is 0. The number of thiophene rings is 1. The van der Waals surface area contributed by atoms with Crippen LogP contribution >= 0.6 is 22.9 Å². The molecule has 1 atom stereocenters. The van der Waals surface area contributed by atoms with Crippen LogP contribution in [0.4, 0.5) is 0 Å². The lowest BCUT2D eigenvalue weighted by Crippen LogP contribution is -1.99. The summed E-state index contributed by atoms with van der Waals surface area (Å²) in [7, 11) is 0. The van der Waals surface area contributed by atoms with Gasteiger partial charge in [0.15, 0.2) is 0 Å². The highest BCUT2D eigenvalue weighted by Crippen LogP contribution is 2.32. The van der Waals surface area contributed by atoms with Gasteiger partial charge in [-0.25, -0.2) is 0 Å². The first-order valence-electron chi connectivity index (χ1n) is 5.09. The molecule has 0 saturated heterocycles. The van der Waals surface area contributed by atoms with Crippen molar-refractivity contribution in [3.63, 3.8) is 0 Å². The summed E-state index contributed by atoms with van der Waals surface area (Å²) in [6.45, 7) is 3.97. The van der Waals surface area contributed by atoms with Gasteiger partial charge in [0.1, 0.15) is 6.10 Å². The van der Waals surface area contributed by atoms with Crippen molar-refractivity contribution in [1.82, 2.24) is 0 Å². The number of aliphatic hydroxyl groups is 1. The maximum atomic E-state index is 10.3. The Hall–Kier alpha value is -0.830. The Morgan fingerprint density at radius 3 is 2.56 bits per heavy atom. The van der Waals surface area contributed by atoms with Crippen LogP contribution in [0.15, 0.2) is 30.3 Å². The molecule has 0 spiro atoms. The second-order valence-corrected chi connectivity index (χ2v) is 5.53. The van der Waals surface area contributed by atoms with Crippen LogP contribution < -0.4 is 0 Å². The molecular formula is C13H13ClOS. The summed E-state index contributed by atoms with van der Waals surface area (Å²) in [4.78, 5) is 2.16. The Balaban J connectivity index is 2.41. The molecule has 0 fully saturated rings. The molecule has 1 unspecified atom stereocenters. The van der Waals surface area contributed by atoms with E-state index in [2.05, 4.69) is 0 Å². The second kappa shape index (κ2) is 4.58. The predicted molar refractivity (Wildman–Crippen MR) is 69.3 cm³/mol. The van der Waals surface area contributed by atoms with Crippen molar-refractivity contribution in [3.05, 3.63) is 56.2 Å². The van der Waals surface area contributed by atoms with Crippen molar-refractivity contribution in [2.45, 2.75) is 20.0 Å². The third-order valence-electron chi connectivity index (χ3n) is 2.63. The van der Waals surface area contributed by atoms with Gasteiger partial charge in [0.25, 0.3) is 0 Å². The Morgan fingerprint density at radius 2 is 1.94 bits per heavy atom. The third-order valence-corrected chi connectivity index (χ3v) is 4.10. The molecule has 1 aromatic carbocycles. The monoisotopic (exact) mass is 252 g/mol. The molecule has 84 valence electrons. The Bertz CT molecular complexity index is 504. The zero-order chi connectivity index (χ0) is 11.7. The number of rotatable bonds is 2. The van der Waals surface area contributed by atoms with Crippen molar-refractivity contribution in [2.75, 3.05) is 0 Å². The topological polar surface area (TPSA) is 20.2 Å². The van der Waals surface area contributed by atoms with E-state index in [4.69, 9.17) is 11.6 Å². The van der Waals surface area contributed by atoms with Crippen LogP contribution in [-0.4, -0.2) is 5.11 Å². The summed E-state index contributed by atoms with van der Waals surface area (Å²) in [5.41, 5.74) is 1.83. The van der Waals surface area contributed by atoms with E-state index in [1.54, 1.807) is 11.3 Å². The van der Waals surface area contributed by atoms with E-state index in [1.807, 2.05) is 44.2 Å². The maximum absolute atomic E-state index is 10.3. The molecule has 0 aliphatic heterocycles. The van der Waals surface area contributed by atoms with Crippen molar-refractivity contribution in [3.8, 4) is 0 Å². The smallest absolute Gasteiger partial charge is 0.113 e. The minimum absolute atomic E-state index is 0.572. The number of aliphatic hydroxyl groups excluding tert-OH is 1. The lowest BCUT2D eigenvalue weighted by atomic mass is 10.0. The highest BCUT2D eigenvalue weighted by atomic mass is 35.5. The average molecular weight is 253 g/mol. The van der Waals surface area contributed by atoms with Gasteiger partial charge in [-0.15, -0.1) is 11.3 Å². The molecule has 0 bridgehead atoms. The number of hydrogen-bond acceptors (Lipinski definition) is 2. The van der Waals surface area contributed by atoms with Crippen molar-refractivity contribution < 1.29 is 5.11 Å². The largest absolute Gasteiger partial charge is 0.383 e. The van der Waals surface area contributed by atoms with Crippen LogP contribution in [0.5, 0.6) is 0 Å². The fraction of sp³-hybridized carbons (Fsp3) is 0.231. The molecule has 2 aromatic rings. The molecule has 0 aliphatic rings. The van der Waals surface area contributed by atoms with Gasteiger partial charge in [-0.2, -0.15) is 0 Å². The van der Waals surface area contributed by atoms with E-state index >= 15 is 0 Å². The Labute approximate surface area is 104 Å². The van der Waals surface area contributed by atoms with Crippen molar-refractivity contribution in [1.29, 1.82) is 0 Å². The van der Waals surface area contributed by atoms with Gasteiger partial charge >= 0.3 is 0 Å². The summed E-state index contributed by atoms with van der Waals surface area (Å²) in [6, 6.07) is 9.61. The van der Waals surface area contributed by atoms with Gasteiger partial charge in [0.2, 0.25) is 0 Å². The highest BCUT2D eigenvalue weighted by molar-refractivity contribution is 7.12. The first kappa shape index (κ1) is 11.6. The van der Waals surface area contributed by atoms with Crippen LogP contribution in [0.3, 0.4) is 0 Å². The first-order valence-corrected chi connectivity index (χ1v) is 6.28. The standard InChI is InChI=1S/C13H13ClOS/c1-8-6-7-12(16-8)13(15)10-4-3-5-11(14)9(10)2/h3-7,13,15H,1-2H3. The Morgan fingerprint density at radius 1 is 1.19 bits per heavy atom. The van der Waals surface area contributed by atoms with E-state index in [1.165, 1.54) is 4.88 Å². The van der Waals surface area contributed by atoms with Gasteiger partial charge in [-0.3, -0.25) is 0 Å². The van der Waals surface area contributed by atoms with Gasteiger partial charge in [0.05, 0.1) is 0 Å². The molecule has 2 rings (SSSR count). The minimum Gasteiger partial charge on any atom is -0.383 e. The molecule has 0 amide bonds. The first-order chi connectivity index (χ1) is 7.59. The summed E-state index contributed by atoms with van der Waals surface area (Å²) in [6.07, 6.45) is -0.572. The van der Waals surface area contributed by atoms with Gasteiger partial charge in [0, 0.05) is 14.8 Å². The molecule has 3 heteroatoms. The molecule has 1 aromatic heterocycles. The molecule has 1 heterocycles. The summed E-state index contributed by atoms with van der Waals surface area (Å²) in [5.74, 6) is 0. The second-order valence-electron chi connectivity index (χ2n) is 3.81. The van der Waals surface area contributed by atoms with E-state index < -0.39 is 6.10 Å². The van der Waals surface area contributed by atoms with Crippen LogP contribution in [0.25, 0.3) is 0 Å². The maximum Gasteiger partial charge on any atom is 0.113 e. The van der Waals surface area contributed by atoms with Crippen molar-refractivity contribution >= 4 is 22.9 Å². The number of hydrogen-bond donors (Lipinski definition) is 1. The third kappa shape index (κ3) is 2.14. The fourth-order valence-electron chi connectivity index (χ4n) is 1.67. The normalized spacial score (nSPS) is 12.8. The van der Waals surface area contributed by atoms with Crippen LogP contribution in [-0.2, 0) is 0 Å². The van der Waals surface area contributed by atoms with Gasteiger partial charge in [-0.05, 0) is 43.2 Å². The molecular weight excluding hydrogens is 240 g/mol. The van der Waals surface area contributed by atoms with Crippen LogP contribution in [0.1, 0.15) is 27.0 Å². The predicted octanol–water partition coefficient (Wildman–Crippen LogP) is 4.10. The molecule has 1 N–H and O–H groups in total. The Kier molecular flexibility index (Phi) is 3.33. The molecule has 16 heavy (non-hydrogen) atoms. The zero-order valence-corrected chi connectivity index (χ0v) is 10.8. The molecule has 0 radical (unpaired) electrons. The highest BCUT2D eigenvalue weighted by Gasteiger charge is 2.15. The number of benzene rings is 1. The lowest BCUT2D eigenvalue weighted by Gasteiger charge is -2.12. The van der Waals surface area contributed by atoms with Crippen molar-refractivity contribution in [2.24, 2.45) is 0 Å².